The molecule has 2 aliphatic rings. The molecule has 0 radical (unpaired) electrons. The van der Waals surface area contributed by atoms with E-state index in [1.165, 1.54) is 12.1 Å². The van der Waals surface area contributed by atoms with E-state index in [9.17, 15) is 4.39 Å². The Kier molecular flexibility index (Phi) is 8.15. The highest BCUT2D eigenvalue weighted by molar-refractivity contribution is 5.97. The molecule has 1 aliphatic carbocycles. The molecule has 2 aromatic heterocycles. The smallest absolute Gasteiger partial charge is 0.123 e. The number of anilines is 9. The van der Waals surface area contributed by atoms with Gasteiger partial charge in [0.2, 0.25) is 0 Å². The van der Waals surface area contributed by atoms with E-state index in [4.69, 9.17) is 9.97 Å². The second-order valence-electron chi connectivity index (χ2n) is 14.8. The van der Waals surface area contributed by atoms with Crippen molar-refractivity contribution in [3.8, 4) is 11.4 Å². The molecule has 0 atom stereocenters. The maximum Gasteiger partial charge on any atom is 0.123 e. The van der Waals surface area contributed by atoms with Gasteiger partial charge in [0.15, 0.2) is 0 Å². The first kappa shape index (κ1) is 34.4. The zero-order valence-electron chi connectivity index (χ0n) is 31.9. The van der Waals surface area contributed by atoms with E-state index >= 15 is 0 Å². The van der Waals surface area contributed by atoms with Crippen molar-refractivity contribution >= 4 is 51.2 Å². The van der Waals surface area contributed by atoms with E-state index in [-0.39, 0.29) is 5.82 Å². The molecule has 1 spiro atoms. The van der Waals surface area contributed by atoms with E-state index in [2.05, 4.69) is 160 Å². The van der Waals surface area contributed by atoms with Crippen LogP contribution in [0.2, 0.25) is 0 Å². The van der Waals surface area contributed by atoms with Gasteiger partial charge in [0, 0.05) is 52.2 Å². The third-order valence-corrected chi connectivity index (χ3v) is 11.6. The normalized spacial score (nSPS) is 12.9. The Labute approximate surface area is 342 Å². The van der Waals surface area contributed by atoms with Crippen LogP contribution in [-0.4, -0.2) is 9.97 Å². The Hall–Kier alpha value is -7.83. The summed E-state index contributed by atoms with van der Waals surface area (Å²) in [5, 5.41) is 0. The summed E-state index contributed by atoms with van der Waals surface area (Å²) in [6.07, 6.45) is 3.72. The summed E-state index contributed by atoms with van der Waals surface area (Å²) in [5.74, 6) is -0.285. The maximum atomic E-state index is 14.7. The molecular formula is C53H36FN5. The third-order valence-electron chi connectivity index (χ3n) is 11.6. The molecule has 0 saturated carbocycles. The van der Waals surface area contributed by atoms with Gasteiger partial charge in [-0.2, -0.15) is 0 Å². The highest BCUT2D eigenvalue weighted by Gasteiger charge is 2.53. The van der Waals surface area contributed by atoms with Crippen LogP contribution in [0.25, 0.3) is 11.4 Å². The number of nitrogens with zero attached hydrogens (tertiary/aromatic N) is 5. The second kappa shape index (κ2) is 14.0. The lowest BCUT2D eigenvalue weighted by Gasteiger charge is -2.45. The Balaban J connectivity index is 1.26. The fourth-order valence-electron chi connectivity index (χ4n) is 9.18. The predicted molar refractivity (Wildman–Crippen MR) is 237 cm³/mol. The van der Waals surface area contributed by atoms with Gasteiger partial charge in [0.1, 0.15) is 5.82 Å². The lowest BCUT2D eigenvalue weighted by Crippen LogP contribution is -2.36. The van der Waals surface area contributed by atoms with Crippen LogP contribution in [0.5, 0.6) is 0 Å². The molecule has 7 aromatic carbocycles. The van der Waals surface area contributed by atoms with Gasteiger partial charge in [-0.15, -0.1) is 0 Å². The molecule has 280 valence electrons. The van der Waals surface area contributed by atoms with Crippen LogP contribution >= 0.6 is 0 Å². The molecule has 0 saturated heterocycles. The zero-order valence-corrected chi connectivity index (χ0v) is 31.9. The largest absolute Gasteiger partial charge is 0.310 e. The van der Waals surface area contributed by atoms with Crippen LogP contribution in [0, 0.1) is 5.82 Å². The molecule has 1 aliphatic heterocycles. The van der Waals surface area contributed by atoms with Gasteiger partial charge in [-0.1, -0.05) is 84.9 Å². The topological polar surface area (TPSA) is 35.5 Å². The first-order valence-electron chi connectivity index (χ1n) is 19.8. The lowest BCUT2D eigenvalue weighted by atomic mass is 9.64. The molecule has 0 amide bonds. The van der Waals surface area contributed by atoms with Gasteiger partial charge in [0.05, 0.1) is 28.2 Å². The van der Waals surface area contributed by atoms with Gasteiger partial charge in [0.25, 0.3) is 0 Å². The summed E-state index contributed by atoms with van der Waals surface area (Å²) in [6.45, 7) is 0. The van der Waals surface area contributed by atoms with Crippen LogP contribution in [-0.2, 0) is 5.41 Å². The fraction of sp³-hybridized carbons (Fsp3) is 0.0189. The zero-order chi connectivity index (χ0) is 39.3. The molecule has 6 heteroatoms. The molecule has 0 bridgehead atoms. The number of benzene rings is 7. The third kappa shape index (κ3) is 5.45. The molecule has 5 nitrogen and oxygen atoms in total. The number of hydrogen-bond acceptors (Lipinski definition) is 5. The van der Waals surface area contributed by atoms with E-state index < -0.39 is 5.41 Å². The van der Waals surface area contributed by atoms with Gasteiger partial charge in [-0.25, -0.2) is 4.39 Å². The number of hydrogen-bond donors (Lipinski definition) is 0. The summed E-state index contributed by atoms with van der Waals surface area (Å²) in [6, 6.07) is 70.7. The highest BCUT2D eigenvalue weighted by atomic mass is 19.1. The van der Waals surface area contributed by atoms with Crippen molar-refractivity contribution in [3.63, 3.8) is 0 Å². The summed E-state index contributed by atoms with van der Waals surface area (Å²) in [5.41, 5.74) is 14.1. The first-order valence-corrected chi connectivity index (χ1v) is 19.8. The van der Waals surface area contributed by atoms with Crippen molar-refractivity contribution in [2.24, 2.45) is 0 Å². The SMILES string of the molecule is Fc1ccc(N2c3ccc(N(c4ccccc4)c4ccccc4)cc3C3(c4cc(N(c5ccccc5)c5ccccc5)ccc42)c2cccnc2-c2ncccc23)cc1. The van der Waals surface area contributed by atoms with Crippen molar-refractivity contribution in [2.75, 3.05) is 14.7 Å². The Morgan fingerprint density at radius 3 is 1.15 bits per heavy atom. The van der Waals surface area contributed by atoms with Crippen molar-refractivity contribution in [1.82, 2.24) is 9.97 Å². The Morgan fingerprint density at radius 1 is 0.373 bits per heavy atom. The number of para-hydroxylation sites is 4. The molecule has 0 fully saturated rings. The molecule has 11 rings (SSSR count). The number of rotatable bonds is 7. The molecule has 9 aromatic rings. The fourth-order valence-corrected chi connectivity index (χ4v) is 9.18. The van der Waals surface area contributed by atoms with Crippen LogP contribution in [0.3, 0.4) is 0 Å². The average molecular weight is 762 g/mol. The number of halogens is 1. The standard InChI is InChI=1S/C53H36FN5/c54-37-25-27-42(28-26-37)59-49-31-29-43(57(38-15-5-1-6-16-38)39-17-7-2-8-18-39)35-47(49)53(45-23-13-33-55-51(45)52-46(53)24-14-34-56-52)48-36-44(30-32-50(48)59)58(40-19-9-3-10-20-40)41-21-11-4-12-22-41/h1-36H. The Bertz CT molecular complexity index is 2700. The van der Waals surface area contributed by atoms with Gasteiger partial charge < -0.3 is 14.7 Å². The minimum absolute atomic E-state index is 0.285. The Morgan fingerprint density at radius 2 is 0.763 bits per heavy atom. The predicted octanol–water partition coefficient (Wildman–Crippen LogP) is 13.7. The van der Waals surface area contributed by atoms with E-state index in [0.29, 0.717) is 0 Å². The van der Waals surface area contributed by atoms with Crippen LogP contribution in [0.15, 0.2) is 219 Å². The van der Waals surface area contributed by atoms with Crippen molar-refractivity contribution in [2.45, 2.75) is 5.41 Å². The quantitative estimate of drug-likeness (QED) is 0.162. The highest BCUT2D eigenvalue weighted by Crippen LogP contribution is 2.64. The average Bonchev–Trinajstić information content (AvgIpc) is 3.60. The first-order chi connectivity index (χ1) is 29.2. The van der Waals surface area contributed by atoms with Crippen LogP contribution in [0.1, 0.15) is 22.3 Å². The summed E-state index contributed by atoms with van der Waals surface area (Å²) in [7, 11) is 0. The lowest BCUT2D eigenvalue weighted by molar-refractivity contribution is 0.628. The van der Waals surface area contributed by atoms with E-state index in [1.54, 1.807) is 0 Å². The number of aromatic nitrogens is 2. The second-order valence-corrected chi connectivity index (χ2v) is 14.8. The summed E-state index contributed by atoms with van der Waals surface area (Å²) in [4.78, 5) is 17.0. The van der Waals surface area contributed by atoms with Gasteiger partial charge in [-0.05, 0) is 144 Å². The molecule has 3 heterocycles. The minimum Gasteiger partial charge on any atom is -0.310 e. The van der Waals surface area contributed by atoms with Crippen molar-refractivity contribution in [1.29, 1.82) is 0 Å². The molecule has 0 unspecified atom stereocenters. The van der Waals surface area contributed by atoms with E-state index in [0.717, 1.165) is 84.8 Å². The van der Waals surface area contributed by atoms with E-state index in [1.807, 2.05) is 60.9 Å². The maximum absolute atomic E-state index is 14.7. The summed E-state index contributed by atoms with van der Waals surface area (Å²) >= 11 is 0. The minimum atomic E-state index is -0.849. The molecular weight excluding hydrogens is 726 g/mol. The number of fused-ring (bicyclic) bond motifs is 9. The van der Waals surface area contributed by atoms with Crippen LogP contribution in [0.4, 0.5) is 55.6 Å². The van der Waals surface area contributed by atoms with Crippen molar-refractivity contribution in [3.05, 3.63) is 247 Å². The van der Waals surface area contributed by atoms with Crippen molar-refractivity contribution < 1.29 is 4.39 Å². The molecule has 0 N–H and O–H groups in total. The number of pyridine rings is 2. The monoisotopic (exact) mass is 761 g/mol. The summed E-state index contributed by atoms with van der Waals surface area (Å²) < 4.78 is 14.7. The van der Waals surface area contributed by atoms with Gasteiger partial charge in [-0.3, -0.25) is 9.97 Å². The van der Waals surface area contributed by atoms with Crippen LogP contribution < -0.4 is 14.7 Å². The molecule has 59 heavy (non-hydrogen) atoms. The van der Waals surface area contributed by atoms with Gasteiger partial charge >= 0.3 is 0 Å².